The minimum atomic E-state index is -1.05. The first-order chi connectivity index (χ1) is 9.58. The van der Waals surface area contributed by atoms with E-state index in [4.69, 9.17) is 9.84 Å². The summed E-state index contributed by atoms with van der Waals surface area (Å²) >= 11 is 0. The fourth-order valence-electron chi connectivity index (χ4n) is 2.43. The number of benzene rings is 2. The van der Waals surface area contributed by atoms with Gasteiger partial charge in [0.1, 0.15) is 6.54 Å². The third-order valence-corrected chi connectivity index (χ3v) is 3.35. The molecule has 1 amide bonds. The lowest BCUT2D eigenvalue weighted by molar-refractivity contribution is -0.137. The third kappa shape index (κ3) is 1.87. The van der Waals surface area contributed by atoms with Crippen molar-refractivity contribution in [1.29, 1.82) is 0 Å². The Morgan fingerprint density at radius 2 is 2.05 bits per heavy atom. The Balaban J connectivity index is 2.21. The summed E-state index contributed by atoms with van der Waals surface area (Å²) in [4.78, 5) is 24.3. The number of carboxylic acid groups (broad SMARTS) is 1. The summed E-state index contributed by atoms with van der Waals surface area (Å²) in [5.41, 5.74) is 0.509. The second kappa shape index (κ2) is 4.52. The molecule has 1 aliphatic heterocycles. The van der Waals surface area contributed by atoms with Gasteiger partial charge < -0.3 is 9.84 Å². The van der Waals surface area contributed by atoms with Crippen LogP contribution in [0.2, 0.25) is 0 Å². The molecule has 1 unspecified atom stereocenters. The minimum Gasteiger partial charge on any atom is -0.480 e. The van der Waals surface area contributed by atoms with Crippen LogP contribution in [0.25, 0.3) is 10.8 Å². The lowest BCUT2D eigenvalue weighted by Gasteiger charge is -2.32. The highest BCUT2D eigenvalue weighted by Crippen LogP contribution is 2.40. The number of ether oxygens (including phenoxy) is 1. The smallest absolute Gasteiger partial charge is 0.323 e. The van der Waals surface area contributed by atoms with Crippen molar-refractivity contribution < 1.29 is 19.4 Å². The first kappa shape index (κ1) is 12.5. The van der Waals surface area contributed by atoms with Crippen molar-refractivity contribution in [2.24, 2.45) is 0 Å². The maximum atomic E-state index is 12.1. The Bertz CT molecular complexity index is 710. The number of amides is 1. The molecule has 2 aromatic carbocycles. The van der Waals surface area contributed by atoms with E-state index in [2.05, 4.69) is 0 Å². The maximum absolute atomic E-state index is 12.1. The molecule has 0 spiro atoms. The number of aliphatic carboxylic acids is 1. The van der Waals surface area contributed by atoms with Gasteiger partial charge in [-0.1, -0.05) is 30.3 Å². The molecular formula is C15H13NO4. The van der Waals surface area contributed by atoms with Crippen LogP contribution in [-0.4, -0.2) is 29.6 Å². The van der Waals surface area contributed by atoms with Crippen molar-refractivity contribution in [2.45, 2.75) is 13.0 Å². The van der Waals surface area contributed by atoms with E-state index < -0.39 is 12.1 Å². The number of rotatable bonds is 2. The Hall–Kier alpha value is -2.56. The summed E-state index contributed by atoms with van der Waals surface area (Å²) in [7, 11) is 0. The minimum absolute atomic E-state index is 0.338. The summed E-state index contributed by atoms with van der Waals surface area (Å²) in [5.74, 6) is -0.821. The molecule has 1 aliphatic rings. The molecule has 1 N–H and O–H groups in total. The number of anilines is 1. The number of carboxylic acids is 1. The van der Waals surface area contributed by atoms with Gasteiger partial charge in [-0.2, -0.15) is 0 Å². The number of fused-ring (bicyclic) bond motifs is 3. The van der Waals surface area contributed by atoms with E-state index in [1.807, 2.05) is 30.3 Å². The second-order valence-electron chi connectivity index (χ2n) is 4.71. The topological polar surface area (TPSA) is 66.8 Å². The van der Waals surface area contributed by atoms with E-state index >= 15 is 0 Å². The number of nitrogens with zero attached hydrogens (tertiary/aromatic N) is 1. The quantitative estimate of drug-likeness (QED) is 0.907. The molecule has 1 heterocycles. The maximum Gasteiger partial charge on any atom is 0.323 e. The fourth-order valence-corrected chi connectivity index (χ4v) is 2.43. The van der Waals surface area contributed by atoms with Crippen molar-refractivity contribution in [3.8, 4) is 5.75 Å². The second-order valence-corrected chi connectivity index (χ2v) is 4.71. The molecular weight excluding hydrogens is 258 g/mol. The Kier molecular flexibility index (Phi) is 2.82. The highest BCUT2D eigenvalue weighted by Gasteiger charge is 2.33. The van der Waals surface area contributed by atoms with Crippen LogP contribution >= 0.6 is 0 Å². The van der Waals surface area contributed by atoms with Crippen molar-refractivity contribution in [2.75, 3.05) is 11.4 Å². The van der Waals surface area contributed by atoms with Crippen molar-refractivity contribution >= 4 is 28.3 Å². The molecule has 0 bridgehead atoms. The number of carbonyl (C=O) groups is 2. The number of hydrogen-bond donors (Lipinski definition) is 1. The van der Waals surface area contributed by atoms with E-state index in [0.717, 1.165) is 10.8 Å². The highest BCUT2D eigenvalue weighted by atomic mass is 16.5. The first-order valence-corrected chi connectivity index (χ1v) is 6.29. The summed E-state index contributed by atoms with van der Waals surface area (Å²) < 4.78 is 5.69. The standard InChI is InChI=1S/C15H13NO4/c1-9-15(19)16(8-13(17)18)12-7-6-10-4-2-3-5-11(10)14(12)20-9/h2-7,9H,8H2,1H3,(H,17,18). The van der Waals surface area contributed by atoms with Gasteiger partial charge in [-0.05, 0) is 18.4 Å². The van der Waals surface area contributed by atoms with E-state index in [0.29, 0.717) is 11.4 Å². The SMILES string of the molecule is CC1Oc2c(ccc3ccccc23)N(CC(=O)O)C1=O. The van der Waals surface area contributed by atoms with E-state index in [1.54, 1.807) is 13.0 Å². The summed E-state index contributed by atoms with van der Waals surface area (Å²) in [6.07, 6.45) is -0.687. The molecule has 0 fully saturated rings. The molecule has 2 aromatic rings. The van der Waals surface area contributed by atoms with E-state index in [1.165, 1.54) is 4.90 Å². The predicted molar refractivity (Wildman–Crippen MR) is 74.0 cm³/mol. The van der Waals surface area contributed by atoms with Crippen LogP contribution in [0, 0.1) is 0 Å². The number of carbonyl (C=O) groups excluding carboxylic acids is 1. The Morgan fingerprint density at radius 1 is 1.30 bits per heavy atom. The van der Waals surface area contributed by atoms with Gasteiger partial charge in [0.05, 0.1) is 5.69 Å². The van der Waals surface area contributed by atoms with Crippen LogP contribution in [0.5, 0.6) is 5.75 Å². The molecule has 1 atom stereocenters. The van der Waals surface area contributed by atoms with Gasteiger partial charge in [0.25, 0.3) is 5.91 Å². The first-order valence-electron chi connectivity index (χ1n) is 6.29. The zero-order valence-corrected chi connectivity index (χ0v) is 10.9. The molecule has 20 heavy (non-hydrogen) atoms. The van der Waals surface area contributed by atoms with Gasteiger partial charge in [0.2, 0.25) is 0 Å². The van der Waals surface area contributed by atoms with Crippen LogP contribution in [0.1, 0.15) is 6.92 Å². The van der Waals surface area contributed by atoms with Gasteiger partial charge in [-0.3, -0.25) is 14.5 Å². The molecule has 5 heteroatoms. The largest absolute Gasteiger partial charge is 0.480 e. The molecule has 3 rings (SSSR count). The predicted octanol–water partition coefficient (Wildman–Crippen LogP) is 2.04. The van der Waals surface area contributed by atoms with Gasteiger partial charge in [-0.25, -0.2) is 0 Å². The zero-order valence-electron chi connectivity index (χ0n) is 10.9. The normalized spacial score (nSPS) is 17.8. The fraction of sp³-hybridized carbons (Fsp3) is 0.200. The average Bonchev–Trinajstić information content (AvgIpc) is 2.43. The molecule has 0 saturated carbocycles. The molecule has 0 radical (unpaired) electrons. The molecule has 0 aliphatic carbocycles. The molecule has 0 aromatic heterocycles. The van der Waals surface area contributed by atoms with Crippen LogP contribution in [0.15, 0.2) is 36.4 Å². The van der Waals surface area contributed by atoms with Gasteiger partial charge in [0.15, 0.2) is 11.9 Å². The van der Waals surface area contributed by atoms with Crippen LogP contribution in [0.3, 0.4) is 0 Å². The number of hydrogen-bond acceptors (Lipinski definition) is 3. The summed E-state index contributed by atoms with van der Waals surface area (Å²) in [6, 6.07) is 11.2. The molecule has 5 nitrogen and oxygen atoms in total. The van der Waals surface area contributed by atoms with Crippen LogP contribution in [-0.2, 0) is 9.59 Å². The van der Waals surface area contributed by atoms with Gasteiger partial charge in [-0.15, -0.1) is 0 Å². The molecule has 0 saturated heterocycles. The Morgan fingerprint density at radius 3 is 2.80 bits per heavy atom. The molecule has 102 valence electrons. The summed E-state index contributed by atoms with van der Waals surface area (Å²) in [6.45, 7) is 1.26. The summed E-state index contributed by atoms with van der Waals surface area (Å²) in [5, 5.41) is 10.8. The third-order valence-electron chi connectivity index (χ3n) is 3.35. The van der Waals surface area contributed by atoms with Crippen LogP contribution in [0.4, 0.5) is 5.69 Å². The van der Waals surface area contributed by atoms with Gasteiger partial charge >= 0.3 is 5.97 Å². The van der Waals surface area contributed by atoms with Gasteiger partial charge in [0, 0.05) is 5.39 Å². The lowest BCUT2D eigenvalue weighted by atomic mass is 10.1. The van der Waals surface area contributed by atoms with Crippen molar-refractivity contribution in [3.63, 3.8) is 0 Å². The van der Waals surface area contributed by atoms with Crippen LogP contribution < -0.4 is 9.64 Å². The van der Waals surface area contributed by atoms with E-state index in [-0.39, 0.29) is 12.5 Å². The van der Waals surface area contributed by atoms with E-state index in [9.17, 15) is 9.59 Å². The average molecular weight is 271 g/mol. The van der Waals surface area contributed by atoms with Crippen molar-refractivity contribution in [3.05, 3.63) is 36.4 Å². The monoisotopic (exact) mass is 271 g/mol. The lowest BCUT2D eigenvalue weighted by Crippen LogP contribution is -2.46. The highest BCUT2D eigenvalue weighted by molar-refractivity contribution is 6.07. The Labute approximate surface area is 115 Å². The zero-order chi connectivity index (χ0) is 14.3. The van der Waals surface area contributed by atoms with Crippen molar-refractivity contribution in [1.82, 2.24) is 0 Å².